The number of aromatic nitrogens is 3. The Balaban J connectivity index is 2.29. The fraction of sp³-hybridized carbons (Fsp3) is 0.357. The van der Waals surface area contributed by atoms with Gasteiger partial charge in [-0.15, -0.1) is 0 Å². The van der Waals surface area contributed by atoms with Crippen LogP contribution in [0, 0.1) is 20.8 Å². The SMILES string of the molecule is Cc1cncc(Cn2nc(C)c(CC(=O)O)c2C)c1. The molecule has 0 amide bonds. The van der Waals surface area contributed by atoms with Crippen LogP contribution in [-0.4, -0.2) is 25.8 Å². The van der Waals surface area contributed by atoms with Crippen LogP contribution < -0.4 is 0 Å². The fourth-order valence-corrected chi connectivity index (χ4v) is 2.17. The van der Waals surface area contributed by atoms with E-state index in [-0.39, 0.29) is 6.42 Å². The lowest BCUT2D eigenvalue weighted by molar-refractivity contribution is -0.136. The van der Waals surface area contributed by atoms with Crippen LogP contribution in [0.3, 0.4) is 0 Å². The zero-order chi connectivity index (χ0) is 14.0. The number of rotatable bonds is 4. The van der Waals surface area contributed by atoms with Crippen LogP contribution in [0.5, 0.6) is 0 Å². The molecule has 0 unspecified atom stereocenters. The number of hydrogen-bond donors (Lipinski definition) is 1. The minimum atomic E-state index is -0.831. The van der Waals surface area contributed by atoms with Gasteiger partial charge in [0.25, 0.3) is 0 Å². The second-order valence-electron chi connectivity index (χ2n) is 4.75. The van der Waals surface area contributed by atoms with E-state index >= 15 is 0 Å². The molecule has 100 valence electrons. The molecule has 0 aliphatic heterocycles. The van der Waals surface area contributed by atoms with Gasteiger partial charge < -0.3 is 5.11 Å². The number of nitrogens with zero attached hydrogens (tertiary/aromatic N) is 3. The number of carboxylic acids is 1. The van der Waals surface area contributed by atoms with Crippen LogP contribution in [0.1, 0.15) is 28.1 Å². The molecular formula is C14H17N3O2. The fourth-order valence-electron chi connectivity index (χ4n) is 2.17. The highest BCUT2D eigenvalue weighted by molar-refractivity contribution is 5.70. The van der Waals surface area contributed by atoms with Gasteiger partial charge in [-0.05, 0) is 31.9 Å². The maximum atomic E-state index is 10.8. The number of pyridine rings is 1. The molecule has 2 aromatic heterocycles. The van der Waals surface area contributed by atoms with Crippen LogP contribution in [0.4, 0.5) is 0 Å². The summed E-state index contributed by atoms with van der Waals surface area (Å²) in [6, 6.07) is 2.06. The Bertz CT molecular complexity index is 617. The third kappa shape index (κ3) is 2.99. The molecule has 0 fully saturated rings. The summed E-state index contributed by atoms with van der Waals surface area (Å²) < 4.78 is 1.84. The molecule has 19 heavy (non-hydrogen) atoms. The lowest BCUT2D eigenvalue weighted by Crippen LogP contribution is -2.06. The molecule has 0 saturated carbocycles. The van der Waals surface area contributed by atoms with Gasteiger partial charge in [-0.2, -0.15) is 5.10 Å². The number of aryl methyl sites for hydroxylation is 2. The van der Waals surface area contributed by atoms with E-state index in [1.54, 1.807) is 12.4 Å². The van der Waals surface area contributed by atoms with Gasteiger partial charge in [0.15, 0.2) is 0 Å². The lowest BCUT2D eigenvalue weighted by atomic mass is 10.1. The van der Waals surface area contributed by atoms with Gasteiger partial charge in [0.05, 0.1) is 18.7 Å². The molecule has 2 rings (SSSR count). The third-order valence-electron chi connectivity index (χ3n) is 3.12. The lowest BCUT2D eigenvalue weighted by Gasteiger charge is -2.05. The van der Waals surface area contributed by atoms with Crippen LogP contribution in [0.25, 0.3) is 0 Å². The quantitative estimate of drug-likeness (QED) is 0.910. The van der Waals surface area contributed by atoms with Crippen molar-refractivity contribution in [2.45, 2.75) is 33.7 Å². The molecule has 5 heteroatoms. The number of aliphatic carboxylic acids is 1. The maximum absolute atomic E-state index is 10.8. The Labute approximate surface area is 111 Å². The Kier molecular flexibility index (Phi) is 3.64. The summed E-state index contributed by atoms with van der Waals surface area (Å²) in [6.07, 6.45) is 3.63. The Morgan fingerprint density at radius 2 is 2.05 bits per heavy atom. The van der Waals surface area contributed by atoms with Crippen molar-refractivity contribution in [2.24, 2.45) is 0 Å². The van der Waals surface area contributed by atoms with E-state index < -0.39 is 5.97 Å². The number of hydrogen-bond acceptors (Lipinski definition) is 3. The molecule has 0 aromatic carbocycles. The first-order valence-electron chi connectivity index (χ1n) is 6.12. The van der Waals surface area contributed by atoms with Crippen LogP contribution in [0.2, 0.25) is 0 Å². The first-order chi connectivity index (χ1) is 8.97. The number of carbonyl (C=O) groups is 1. The molecule has 2 heterocycles. The summed E-state index contributed by atoms with van der Waals surface area (Å²) in [5.41, 5.74) is 4.65. The molecule has 0 aliphatic carbocycles. The van der Waals surface area contributed by atoms with Crippen LogP contribution in [-0.2, 0) is 17.8 Å². The van der Waals surface area contributed by atoms with Gasteiger partial charge in [0.2, 0.25) is 0 Å². The summed E-state index contributed by atoms with van der Waals surface area (Å²) in [6.45, 7) is 6.35. The van der Waals surface area contributed by atoms with Gasteiger partial charge in [0, 0.05) is 23.7 Å². The minimum absolute atomic E-state index is 0.0176. The maximum Gasteiger partial charge on any atom is 0.307 e. The van der Waals surface area contributed by atoms with Crippen LogP contribution in [0.15, 0.2) is 18.5 Å². The highest BCUT2D eigenvalue weighted by Gasteiger charge is 2.14. The van der Waals surface area contributed by atoms with Crippen molar-refractivity contribution < 1.29 is 9.90 Å². The zero-order valence-electron chi connectivity index (χ0n) is 11.3. The van der Waals surface area contributed by atoms with Gasteiger partial charge >= 0.3 is 5.97 Å². The van der Waals surface area contributed by atoms with Gasteiger partial charge in [-0.1, -0.05) is 6.07 Å². The topological polar surface area (TPSA) is 68.0 Å². The van der Waals surface area contributed by atoms with E-state index in [0.29, 0.717) is 6.54 Å². The second kappa shape index (κ2) is 5.22. The molecule has 0 radical (unpaired) electrons. The Hall–Kier alpha value is -2.17. The van der Waals surface area contributed by atoms with Crippen molar-refractivity contribution in [1.29, 1.82) is 0 Å². The molecule has 2 aromatic rings. The standard InChI is InChI=1S/C14H17N3O2/c1-9-4-12(7-15-6-9)8-17-11(3)13(5-14(18)19)10(2)16-17/h4,6-7H,5,8H2,1-3H3,(H,18,19). The van der Waals surface area contributed by atoms with Crippen molar-refractivity contribution in [3.63, 3.8) is 0 Å². The van der Waals surface area contributed by atoms with Crippen molar-refractivity contribution in [3.8, 4) is 0 Å². The average molecular weight is 259 g/mol. The summed E-state index contributed by atoms with van der Waals surface area (Å²) >= 11 is 0. The van der Waals surface area contributed by atoms with E-state index in [9.17, 15) is 4.79 Å². The molecule has 1 N–H and O–H groups in total. The largest absolute Gasteiger partial charge is 0.481 e. The smallest absolute Gasteiger partial charge is 0.307 e. The van der Waals surface area contributed by atoms with Gasteiger partial charge in [-0.3, -0.25) is 14.5 Å². The van der Waals surface area contributed by atoms with Crippen molar-refractivity contribution in [1.82, 2.24) is 14.8 Å². The van der Waals surface area contributed by atoms with Crippen molar-refractivity contribution in [2.75, 3.05) is 0 Å². The summed E-state index contributed by atoms with van der Waals surface area (Å²) in [4.78, 5) is 15.0. The second-order valence-corrected chi connectivity index (χ2v) is 4.75. The van der Waals surface area contributed by atoms with E-state index in [1.165, 1.54) is 0 Å². The molecule has 0 spiro atoms. The normalized spacial score (nSPS) is 10.7. The highest BCUT2D eigenvalue weighted by Crippen LogP contribution is 2.15. The first kappa shape index (κ1) is 13.3. The molecule has 5 nitrogen and oxygen atoms in total. The average Bonchev–Trinajstić information content (AvgIpc) is 2.57. The summed E-state index contributed by atoms with van der Waals surface area (Å²) in [7, 11) is 0. The summed E-state index contributed by atoms with van der Waals surface area (Å²) in [5, 5.41) is 13.3. The third-order valence-corrected chi connectivity index (χ3v) is 3.12. The molecular weight excluding hydrogens is 242 g/mol. The van der Waals surface area contributed by atoms with E-state index in [2.05, 4.69) is 16.1 Å². The molecule has 0 atom stereocenters. The van der Waals surface area contributed by atoms with Crippen LogP contribution >= 0.6 is 0 Å². The molecule has 0 bridgehead atoms. The van der Waals surface area contributed by atoms with Crippen molar-refractivity contribution in [3.05, 3.63) is 46.5 Å². The van der Waals surface area contributed by atoms with E-state index in [1.807, 2.05) is 25.5 Å². The van der Waals surface area contributed by atoms with Crippen molar-refractivity contribution >= 4 is 5.97 Å². The zero-order valence-corrected chi connectivity index (χ0v) is 11.3. The number of carboxylic acid groups (broad SMARTS) is 1. The predicted octanol–water partition coefficient (Wildman–Crippen LogP) is 1.88. The highest BCUT2D eigenvalue weighted by atomic mass is 16.4. The predicted molar refractivity (Wildman–Crippen MR) is 71.1 cm³/mol. The van der Waals surface area contributed by atoms with E-state index in [4.69, 9.17) is 5.11 Å². The molecule has 0 aliphatic rings. The summed E-state index contributed by atoms with van der Waals surface area (Å²) in [5.74, 6) is -0.831. The minimum Gasteiger partial charge on any atom is -0.481 e. The first-order valence-corrected chi connectivity index (χ1v) is 6.12. The molecule has 0 saturated heterocycles. The monoisotopic (exact) mass is 259 g/mol. The van der Waals surface area contributed by atoms with Gasteiger partial charge in [-0.25, -0.2) is 0 Å². The van der Waals surface area contributed by atoms with E-state index in [0.717, 1.165) is 28.1 Å². The Morgan fingerprint density at radius 3 is 2.68 bits per heavy atom. The van der Waals surface area contributed by atoms with Gasteiger partial charge in [0.1, 0.15) is 0 Å². The Morgan fingerprint density at radius 1 is 1.32 bits per heavy atom.